The minimum atomic E-state index is -7.08. The molecule has 0 amide bonds. The largest absolute Gasteiger partial charge is 0.499 e. The molecule has 0 aromatic heterocycles. The van der Waals surface area contributed by atoms with Gasteiger partial charge in [-0.05, 0) is 0 Å². The molecular formula is C3H2F6O6S3. The van der Waals surface area contributed by atoms with E-state index in [-0.39, 0.29) is 0 Å². The van der Waals surface area contributed by atoms with Crippen molar-refractivity contribution < 1.29 is 51.6 Å². The van der Waals surface area contributed by atoms with Crippen molar-refractivity contribution in [2.24, 2.45) is 0 Å². The van der Waals surface area contributed by atoms with Gasteiger partial charge in [-0.2, -0.15) is 26.3 Å². The maximum atomic E-state index is 11.9. The summed E-state index contributed by atoms with van der Waals surface area (Å²) in [6.45, 7) is 0. The first-order chi connectivity index (χ1) is 7.57. The third kappa shape index (κ3) is 2.87. The maximum Gasteiger partial charge on any atom is 0.499 e. The Morgan fingerprint density at radius 1 is 0.722 bits per heavy atom. The fourth-order valence-corrected chi connectivity index (χ4v) is 5.60. The van der Waals surface area contributed by atoms with Crippen LogP contribution in [0.25, 0.3) is 0 Å². The summed E-state index contributed by atoms with van der Waals surface area (Å²) in [4.78, 5) is 0. The van der Waals surface area contributed by atoms with Gasteiger partial charge in [-0.1, -0.05) is 0 Å². The molecule has 0 unspecified atom stereocenters. The molecule has 0 aliphatic carbocycles. The molecule has 0 aliphatic heterocycles. The summed E-state index contributed by atoms with van der Waals surface area (Å²) in [6.07, 6.45) is 0. The molecule has 0 rings (SSSR count). The average Bonchev–Trinajstić information content (AvgIpc) is 1.96. The van der Waals surface area contributed by atoms with Crippen LogP contribution in [0.2, 0.25) is 0 Å². The number of sulfone groups is 2. The number of alkyl halides is 6. The first kappa shape index (κ1) is 17.4. The SMILES string of the molecule is O=[SH](=O)C(S(=O)(=O)C(F)(F)F)S(=O)(=O)C(F)(F)F. The molecule has 0 aromatic carbocycles. The number of hydrogen-bond donors (Lipinski definition) is 1. The fourth-order valence-electron chi connectivity index (χ4n) is 0.622. The van der Waals surface area contributed by atoms with Crippen molar-refractivity contribution in [3.63, 3.8) is 0 Å². The molecule has 110 valence electrons. The molecule has 0 spiro atoms. The molecule has 0 fully saturated rings. The van der Waals surface area contributed by atoms with Crippen LogP contribution in [0, 0.1) is 0 Å². The van der Waals surface area contributed by atoms with Crippen LogP contribution in [0.5, 0.6) is 0 Å². The lowest BCUT2D eigenvalue weighted by atomic mass is 11.5. The summed E-state index contributed by atoms with van der Waals surface area (Å²) in [5.74, 6) is 0. The van der Waals surface area contributed by atoms with Crippen molar-refractivity contribution in [2.45, 2.75) is 14.9 Å². The van der Waals surface area contributed by atoms with Crippen LogP contribution in [0.4, 0.5) is 26.3 Å². The second kappa shape index (κ2) is 4.52. The molecule has 0 aliphatic rings. The maximum absolute atomic E-state index is 11.9. The van der Waals surface area contributed by atoms with Gasteiger partial charge in [-0.25, -0.2) is 25.3 Å². The third-order valence-electron chi connectivity index (χ3n) is 1.35. The summed E-state index contributed by atoms with van der Waals surface area (Å²) in [7, 11) is -19.2. The Morgan fingerprint density at radius 3 is 1.06 bits per heavy atom. The zero-order valence-electron chi connectivity index (χ0n) is 7.56. The van der Waals surface area contributed by atoms with E-state index in [0.717, 1.165) is 0 Å². The highest BCUT2D eigenvalue weighted by atomic mass is 32.3. The molecule has 18 heavy (non-hydrogen) atoms. The first-order valence-electron chi connectivity index (χ1n) is 3.30. The van der Waals surface area contributed by atoms with Gasteiger partial charge < -0.3 is 0 Å². The van der Waals surface area contributed by atoms with Crippen molar-refractivity contribution in [1.29, 1.82) is 0 Å². The first-order valence-corrected chi connectivity index (χ1v) is 7.64. The van der Waals surface area contributed by atoms with Gasteiger partial charge in [-0.15, -0.1) is 0 Å². The topological polar surface area (TPSA) is 102 Å². The van der Waals surface area contributed by atoms with E-state index >= 15 is 0 Å². The molecule has 6 nitrogen and oxygen atoms in total. The zero-order valence-corrected chi connectivity index (χ0v) is 10.1. The third-order valence-corrected chi connectivity index (χ3v) is 8.26. The summed E-state index contributed by atoms with van der Waals surface area (Å²) in [5, 5.41) is 0. The van der Waals surface area contributed by atoms with Crippen LogP contribution in [0.15, 0.2) is 0 Å². The minimum absolute atomic E-state index is 4.65. The molecule has 0 N–H and O–H groups in total. The lowest BCUT2D eigenvalue weighted by molar-refractivity contribution is -0.0462. The molecule has 0 heterocycles. The van der Waals surface area contributed by atoms with Gasteiger partial charge in [0, 0.05) is 0 Å². The van der Waals surface area contributed by atoms with Crippen molar-refractivity contribution in [2.75, 3.05) is 0 Å². The summed E-state index contributed by atoms with van der Waals surface area (Å²) >= 11 is 0. The Labute approximate surface area is 97.4 Å². The van der Waals surface area contributed by atoms with E-state index in [9.17, 15) is 51.6 Å². The zero-order chi connectivity index (χ0) is 15.2. The van der Waals surface area contributed by atoms with E-state index in [2.05, 4.69) is 0 Å². The Hall–Kier alpha value is -0.570. The van der Waals surface area contributed by atoms with Crippen LogP contribution in [0.3, 0.4) is 0 Å². The highest BCUT2D eigenvalue weighted by Crippen LogP contribution is 2.36. The smallest absolute Gasteiger partial charge is 0.229 e. The van der Waals surface area contributed by atoms with Crippen molar-refractivity contribution in [3.05, 3.63) is 0 Å². The van der Waals surface area contributed by atoms with E-state index in [0.29, 0.717) is 0 Å². The summed E-state index contributed by atoms with van der Waals surface area (Å²) in [6, 6.07) is 0. The van der Waals surface area contributed by atoms with Gasteiger partial charge in [0.05, 0.1) is 0 Å². The Bertz CT molecular complexity index is 537. The van der Waals surface area contributed by atoms with E-state index in [4.69, 9.17) is 0 Å². The molecule has 0 aromatic rings. The van der Waals surface area contributed by atoms with Crippen molar-refractivity contribution >= 4 is 30.4 Å². The normalized spacial score (nSPS) is 15.3. The highest BCUT2D eigenvalue weighted by molar-refractivity contribution is 8.20. The number of rotatable bonds is 3. The van der Waals surface area contributed by atoms with E-state index in [1.165, 1.54) is 0 Å². The van der Waals surface area contributed by atoms with E-state index < -0.39 is 45.3 Å². The lowest BCUT2D eigenvalue weighted by Crippen LogP contribution is -2.45. The average molecular weight is 344 g/mol. The van der Waals surface area contributed by atoms with Gasteiger partial charge in [-0.3, -0.25) is 0 Å². The number of halogens is 6. The van der Waals surface area contributed by atoms with Crippen LogP contribution in [-0.4, -0.2) is 40.2 Å². The predicted molar refractivity (Wildman–Crippen MR) is 44.1 cm³/mol. The Balaban J connectivity index is 6.32. The van der Waals surface area contributed by atoms with Gasteiger partial charge in [0.15, 0.2) is 10.7 Å². The van der Waals surface area contributed by atoms with Crippen LogP contribution in [-0.2, 0) is 30.4 Å². The second-order valence-corrected chi connectivity index (χ2v) is 8.71. The summed E-state index contributed by atoms with van der Waals surface area (Å²) < 4.78 is 129. The predicted octanol–water partition coefficient (Wildman–Crippen LogP) is -0.249. The quantitative estimate of drug-likeness (QED) is 0.560. The molecule has 0 saturated heterocycles. The molecule has 0 atom stereocenters. The van der Waals surface area contributed by atoms with Gasteiger partial charge >= 0.3 is 11.0 Å². The number of hydrogen-bond acceptors (Lipinski definition) is 6. The van der Waals surface area contributed by atoms with Gasteiger partial charge in [0.25, 0.3) is 23.6 Å². The van der Waals surface area contributed by atoms with Crippen molar-refractivity contribution in [1.82, 2.24) is 0 Å². The fraction of sp³-hybridized carbons (Fsp3) is 1.00. The van der Waals surface area contributed by atoms with Crippen LogP contribution >= 0.6 is 0 Å². The van der Waals surface area contributed by atoms with Gasteiger partial charge in [0.2, 0.25) is 0 Å². The molecular weight excluding hydrogens is 342 g/mol. The minimum Gasteiger partial charge on any atom is -0.229 e. The van der Waals surface area contributed by atoms with E-state index in [1.54, 1.807) is 0 Å². The van der Waals surface area contributed by atoms with Gasteiger partial charge in [0.1, 0.15) is 0 Å². The number of thiol groups is 1. The second-order valence-electron chi connectivity index (χ2n) is 2.57. The Morgan fingerprint density at radius 2 is 0.944 bits per heavy atom. The molecule has 0 saturated carbocycles. The lowest BCUT2D eigenvalue weighted by Gasteiger charge is -2.16. The molecule has 0 radical (unpaired) electrons. The monoisotopic (exact) mass is 344 g/mol. The Kier molecular flexibility index (Phi) is 4.37. The standard InChI is InChI=1S/C3H2F6O6S3/c4-2(5,6)17(12,13)1(16(10)11)18(14,15)3(7,8)9/h1,16H. The van der Waals surface area contributed by atoms with Crippen LogP contribution < -0.4 is 0 Å². The molecule has 15 heteroatoms. The highest BCUT2D eigenvalue weighted by Gasteiger charge is 2.64. The van der Waals surface area contributed by atoms with E-state index in [1.807, 2.05) is 0 Å². The van der Waals surface area contributed by atoms with Crippen LogP contribution in [0.1, 0.15) is 0 Å². The van der Waals surface area contributed by atoms with Crippen molar-refractivity contribution in [3.8, 4) is 0 Å². The summed E-state index contributed by atoms with van der Waals surface area (Å²) in [5.41, 5.74) is -12.9. The molecule has 0 bridgehead atoms.